The minimum absolute atomic E-state index is 0.0148. The Morgan fingerprint density at radius 3 is 2.59 bits per heavy atom. The van der Waals surface area contributed by atoms with Crippen LogP contribution in [0.15, 0.2) is 34.2 Å². The van der Waals surface area contributed by atoms with Crippen LogP contribution in [0.5, 0.6) is 0 Å². The number of rotatable bonds is 7. The number of aliphatic carboxylic acids is 1. The molecule has 146 valence electrons. The fourth-order valence-corrected chi connectivity index (χ4v) is 3.76. The van der Waals surface area contributed by atoms with Crippen LogP contribution >= 0.6 is 0 Å². The van der Waals surface area contributed by atoms with Gasteiger partial charge in [-0.15, -0.1) is 0 Å². The number of fused-ring (bicyclic) bond motifs is 1. The largest absolute Gasteiger partial charge is 0.480 e. The SMILES string of the molecule is CC(=O)NCCN(C(=O)CN=C1NS(=O)(=O)c2ccccc21)C(C)C(=O)O. The fourth-order valence-electron chi connectivity index (χ4n) is 2.51. The van der Waals surface area contributed by atoms with Gasteiger partial charge in [-0.05, 0) is 19.1 Å². The van der Waals surface area contributed by atoms with Crippen molar-refractivity contribution < 1.29 is 27.9 Å². The molecule has 2 amide bonds. The van der Waals surface area contributed by atoms with Crippen molar-refractivity contribution in [2.45, 2.75) is 24.8 Å². The molecule has 0 aromatic heterocycles. The van der Waals surface area contributed by atoms with E-state index in [1.54, 1.807) is 18.2 Å². The Morgan fingerprint density at radius 2 is 1.96 bits per heavy atom. The first kappa shape index (κ1) is 20.4. The zero-order valence-electron chi connectivity index (χ0n) is 14.8. The summed E-state index contributed by atoms with van der Waals surface area (Å²) in [7, 11) is -3.72. The average molecular weight is 396 g/mol. The fraction of sp³-hybridized carbons (Fsp3) is 0.375. The van der Waals surface area contributed by atoms with E-state index in [4.69, 9.17) is 0 Å². The standard InChI is InChI=1S/C16H20N4O6S/c1-10(16(23)24)20(8-7-17-11(2)21)14(22)9-18-15-12-5-3-4-6-13(12)27(25,26)19-15/h3-6,10H,7-9H2,1-2H3,(H,17,21)(H,18,19)(H,23,24). The van der Waals surface area contributed by atoms with Crippen LogP contribution in [0.3, 0.4) is 0 Å². The smallest absolute Gasteiger partial charge is 0.326 e. The molecule has 0 radical (unpaired) electrons. The van der Waals surface area contributed by atoms with Crippen molar-refractivity contribution in [1.82, 2.24) is 14.9 Å². The number of amidine groups is 1. The molecule has 0 spiro atoms. The van der Waals surface area contributed by atoms with Gasteiger partial charge >= 0.3 is 5.97 Å². The lowest BCUT2D eigenvalue weighted by atomic mass is 10.2. The normalized spacial score (nSPS) is 16.9. The molecule has 10 nitrogen and oxygen atoms in total. The molecule has 11 heteroatoms. The van der Waals surface area contributed by atoms with Crippen LogP contribution < -0.4 is 10.0 Å². The first-order chi connectivity index (χ1) is 12.6. The van der Waals surface area contributed by atoms with Gasteiger partial charge in [0.15, 0.2) is 0 Å². The minimum atomic E-state index is -3.72. The number of carbonyl (C=O) groups excluding carboxylic acids is 2. The van der Waals surface area contributed by atoms with E-state index in [1.165, 1.54) is 19.9 Å². The molecule has 1 aromatic carbocycles. The van der Waals surface area contributed by atoms with Gasteiger partial charge in [0.25, 0.3) is 10.0 Å². The van der Waals surface area contributed by atoms with E-state index in [0.29, 0.717) is 5.56 Å². The van der Waals surface area contributed by atoms with Crippen molar-refractivity contribution in [3.63, 3.8) is 0 Å². The predicted molar refractivity (Wildman–Crippen MR) is 95.7 cm³/mol. The number of sulfonamides is 1. The first-order valence-electron chi connectivity index (χ1n) is 8.07. The van der Waals surface area contributed by atoms with Crippen LogP contribution in [0, 0.1) is 0 Å². The van der Waals surface area contributed by atoms with Crippen molar-refractivity contribution in [3.05, 3.63) is 29.8 Å². The van der Waals surface area contributed by atoms with Gasteiger partial charge in [-0.3, -0.25) is 19.3 Å². The van der Waals surface area contributed by atoms with Crippen molar-refractivity contribution in [1.29, 1.82) is 0 Å². The number of hydrogen-bond acceptors (Lipinski definition) is 6. The van der Waals surface area contributed by atoms with E-state index in [0.717, 1.165) is 4.90 Å². The molecule has 1 aliphatic heterocycles. The summed E-state index contributed by atoms with van der Waals surface area (Å²) in [5.41, 5.74) is 0.348. The van der Waals surface area contributed by atoms with Gasteiger partial charge in [-0.2, -0.15) is 0 Å². The third kappa shape index (κ3) is 4.82. The molecule has 0 aliphatic carbocycles. The molecule has 1 heterocycles. The second-order valence-corrected chi connectivity index (χ2v) is 7.50. The van der Waals surface area contributed by atoms with Crippen LogP contribution in [-0.4, -0.2) is 67.7 Å². The number of nitrogens with zero attached hydrogens (tertiary/aromatic N) is 2. The third-order valence-corrected chi connectivity index (χ3v) is 5.30. The van der Waals surface area contributed by atoms with E-state index in [2.05, 4.69) is 15.0 Å². The van der Waals surface area contributed by atoms with E-state index in [1.807, 2.05) is 0 Å². The van der Waals surface area contributed by atoms with Crippen LogP contribution in [0.1, 0.15) is 19.4 Å². The molecule has 2 rings (SSSR count). The highest BCUT2D eigenvalue weighted by Crippen LogP contribution is 2.22. The van der Waals surface area contributed by atoms with Gasteiger partial charge in [0.1, 0.15) is 18.4 Å². The molecule has 0 fully saturated rings. The maximum absolute atomic E-state index is 12.5. The summed E-state index contributed by atoms with van der Waals surface area (Å²) in [4.78, 5) is 39.8. The van der Waals surface area contributed by atoms with Gasteiger partial charge in [0.2, 0.25) is 11.8 Å². The van der Waals surface area contributed by atoms with E-state index in [-0.39, 0.29) is 29.7 Å². The molecule has 1 aliphatic rings. The predicted octanol–water partition coefficient (Wildman–Crippen LogP) is -0.837. The maximum Gasteiger partial charge on any atom is 0.326 e. The summed E-state index contributed by atoms with van der Waals surface area (Å²) in [6, 6.07) is 5.08. The van der Waals surface area contributed by atoms with Crippen molar-refractivity contribution >= 4 is 33.6 Å². The molecule has 0 saturated heterocycles. The minimum Gasteiger partial charge on any atom is -0.480 e. The quantitative estimate of drug-likeness (QED) is 0.548. The second kappa shape index (κ2) is 8.16. The summed E-state index contributed by atoms with van der Waals surface area (Å²) in [5.74, 6) is -2.08. The monoisotopic (exact) mass is 396 g/mol. The summed E-state index contributed by atoms with van der Waals surface area (Å²) >= 11 is 0. The van der Waals surface area contributed by atoms with Gasteiger partial charge < -0.3 is 15.3 Å². The molecular formula is C16H20N4O6S. The molecule has 1 atom stereocenters. The summed E-state index contributed by atoms with van der Waals surface area (Å²) in [6.07, 6.45) is 0. The Kier molecular flexibility index (Phi) is 6.16. The molecule has 1 unspecified atom stereocenters. The number of hydrogen-bond donors (Lipinski definition) is 3. The number of amides is 2. The van der Waals surface area contributed by atoms with E-state index in [9.17, 15) is 27.9 Å². The van der Waals surface area contributed by atoms with E-state index >= 15 is 0 Å². The summed E-state index contributed by atoms with van der Waals surface area (Å²) < 4.78 is 26.4. The Balaban J connectivity index is 2.16. The average Bonchev–Trinajstić information content (AvgIpc) is 2.87. The first-order valence-corrected chi connectivity index (χ1v) is 9.55. The van der Waals surface area contributed by atoms with Gasteiger partial charge in [0.05, 0.1) is 4.90 Å². The zero-order valence-corrected chi connectivity index (χ0v) is 15.6. The van der Waals surface area contributed by atoms with Gasteiger partial charge in [-0.25, -0.2) is 13.2 Å². The number of carbonyl (C=O) groups is 3. The second-order valence-electron chi connectivity index (χ2n) is 5.85. The lowest BCUT2D eigenvalue weighted by Gasteiger charge is -2.26. The topological polar surface area (TPSA) is 145 Å². The molecule has 1 aromatic rings. The number of benzene rings is 1. The van der Waals surface area contributed by atoms with Crippen LogP contribution in [-0.2, 0) is 24.4 Å². The number of nitrogens with one attached hydrogen (secondary N) is 2. The molecule has 0 bridgehead atoms. The summed E-state index contributed by atoms with van der Waals surface area (Å²) in [6.45, 7) is 2.28. The van der Waals surface area contributed by atoms with Gasteiger partial charge in [0, 0.05) is 25.6 Å². The van der Waals surface area contributed by atoms with Crippen molar-refractivity contribution in [2.75, 3.05) is 19.6 Å². The Morgan fingerprint density at radius 1 is 1.30 bits per heavy atom. The molecule has 3 N–H and O–H groups in total. The molecule has 0 saturated carbocycles. The Bertz CT molecular complexity index is 896. The number of carboxylic acid groups (broad SMARTS) is 1. The highest BCUT2D eigenvalue weighted by atomic mass is 32.2. The maximum atomic E-state index is 12.5. The lowest BCUT2D eigenvalue weighted by Crippen LogP contribution is -2.47. The Hall–Kier alpha value is -2.95. The Labute approximate surface area is 156 Å². The lowest BCUT2D eigenvalue weighted by molar-refractivity contribution is -0.148. The van der Waals surface area contributed by atoms with Crippen LogP contribution in [0.25, 0.3) is 0 Å². The van der Waals surface area contributed by atoms with Crippen molar-refractivity contribution in [3.8, 4) is 0 Å². The van der Waals surface area contributed by atoms with Crippen molar-refractivity contribution in [2.24, 2.45) is 4.99 Å². The molecule has 27 heavy (non-hydrogen) atoms. The zero-order chi connectivity index (χ0) is 20.2. The third-order valence-electron chi connectivity index (χ3n) is 3.91. The highest BCUT2D eigenvalue weighted by Gasteiger charge is 2.31. The number of aliphatic imine (C=N–C) groups is 1. The summed E-state index contributed by atoms with van der Waals surface area (Å²) in [5, 5.41) is 11.7. The molecular weight excluding hydrogens is 376 g/mol. The van der Waals surface area contributed by atoms with Gasteiger partial charge in [-0.1, -0.05) is 12.1 Å². The number of carboxylic acids is 1. The van der Waals surface area contributed by atoms with E-state index < -0.39 is 34.5 Å². The van der Waals surface area contributed by atoms with Crippen LogP contribution in [0.4, 0.5) is 0 Å². The highest BCUT2D eigenvalue weighted by molar-refractivity contribution is 7.90. The van der Waals surface area contributed by atoms with Crippen LogP contribution in [0.2, 0.25) is 0 Å².